The maximum Gasteiger partial charge on any atom is 0.338 e. The molecule has 1 unspecified atom stereocenters. The van der Waals surface area contributed by atoms with Gasteiger partial charge in [-0.25, -0.2) is 9.48 Å². The highest BCUT2D eigenvalue weighted by Gasteiger charge is 2.35. The minimum Gasteiger partial charge on any atom is -0.463 e. The molecule has 176 valence electrons. The molecule has 1 atom stereocenters. The van der Waals surface area contributed by atoms with E-state index in [1.54, 1.807) is 30.7 Å². The molecule has 1 aliphatic heterocycles. The summed E-state index contributed by atoms with van der Waals surface area (Å²) < 4.78 is 6.95. The number of non-ortho nitro benzene ring substituents is 1. The second-order valence-corrected chi connectivity index (χ2v) is 8.96. The second kappa shape index (κ2) is 9.68. The molecule has 4 rings (SSSR count). The molecule has 0 aliphatic carbocycles. The lowest BCUT2D eigenvalue weighted by molar-refractivity contribution is -0.384. The SMILES string of the molecule is CCOC(=O)C1=C(C)Nc2nc(SCc3ccc(C)cc3C)nn2C1c1ccc([N+](=O)[O-])cc1. The summed E-state index contributed by atoms with van der Waals surface area (Å²) >= 11 is 1.50. The summed E-state index contributed by atoms with van der Waals surface area (Å²) in [6.45, 7) is 7.90. The minimum atomic E-state index is -0.626. The van der Waals surface area contributed by atoms with Crippen molar-refractivity contribution in [3.05, 3.63) is 86.1 Å². The molecule has 34 heavy (non-hydrogen) atoms. The lowest BCUT2D eigenvalue weighted by atomic mass is 9.95. The Labute approximate surface area is 201 Å². The van der Waals surface area contributed by atoms with Crippen molar-refractivity contribution in [3.8, 4) is 0 Å². The van der Waals surface area contributed by atoms with Crippen LogP contribution in [0.15, 0.2) is 58.9 Å². The number of anilines is 1. The maximum absolute atomic E-state index is 12.9. The van der Waals surface area contributed by atoms with E-state index in [0.717, 1.165) is 0 Å². The minimum absolute atomic E-state index is 0.0282. The first-order chi connectivity index (χ1) is 16.3. The molecule has 0 bridgehead atoms. The van der Waals surface area contributed by atoms with Crippen LogP contribution in [0.5, 0.6) is 0 Å². The summed E-state index contributed by atoms with van der Waals surface area (Å²) in [5.41, 5.74) is 5.26. The predicted octanol–water partition coefficient (Wildman–Crippen LogP) is 4.95. The standard InChI is InChI=1S/C24H25N5O4S/c1-5-33-22(30)20-16(4)25-23-26-24(34-13-18-7-6-14(2)12-15(18)3)27-28(23)21(20)17-8-10-19(11-9-17)29(31)32/h6-12,21H,5,13H2,1-4H3,(H,25,26,27). The van der Waals surface area contributed by atoms with Crippen molar-refractivity contribution in [1.82, 2.24) is 14.8 Å². The van der Waals surface area contributed by atoms with Crippen LogP contribution in [0, 0.1) is 24.0 Å². The number of carbonyl (C=O) groups excluding carboxylic acids is 1. The summed E-state index contributed by atoms with van der Waals surface area (Å²) in [5.74, 6) is 0.730. The molecule has 9 nitrogen and oxygen atoms in total. The van der Waals surface area contributed by atoms with Crippen molar-refractivity contribution < 1.29 is 14.5 Å². The number of rotatable bonds is 7. The van der Waals surface area contributed by atoms with Crippen molar-refractivity contribution in [2.24, 2.45) is 0 Å². The van der Waals surface area contributed by atoms with Crippen molar-refractivity contribution in [2.75, 3.05) is 11.9 Å². The van der Waals surface area contributed by atoms with Crippen LogP contribution in [0.3, 0.4) is 0 Å². The van der Waals surface area contributed by atoms with Crippen LogP contribution >= 0.6 is 11.8 Å². The molecule has 0 saturated heterocycles. The number of thioether (sulfide) groups is 1. The quantitative estimate of drug-likeness (QED) is 0.219. The van der Waals surface area contributed by atoms with Gasteiger partial charge in [-0.15, -0.1) is 5.10 Å². The fraction of sp³-hybridized carbons (Fsp3) is 0.292. The molecule has 0 radical (unpaired) electrons. The highest BCUT2D eigenvalue weighted by Crippen LogP contribution is 2.37. The Bertz CT molecular complexity index is 1280. The van der Waals surface area contributed by atoms with Gasteiger partial charge in [0.05, 0.1) is 17.1 Å². The number of nitrogens with one attached hydrogen (secondary N) is 1. The third kappa shape index (κ3) is 4.67. The van der Waals surface area contributed by atoms with Crippen molar-refractivity contribution in [3.63, 3.8) is 0 Å². The molecule has 2 aromatic carbocycles. The van der Waals surface area contributed by atoms with Crippen LogP contribution in [0.4, 0.5) is 11.6 Å². The molecule has 0 fully saturated rings. The number of nitrogens with zero attached hydrogens (tertiary/aromatic N) is 4. The number of esters is 1. The Balaban J connectivity index is 1.69. The van der Waals surface area contributed by atoms with E-state index in [4.69, 9.17) is 4.74 Å². The van der Waals surface area contributed by atoms with Crippen molar-refractivity contribution >= 4 is 29.4 Å². The van der Waals surface area contributed by atoms with E-state index < -0.39 is 16.9 Å². The molecule has 10 heteroatoms. The number of aromatic nitrogens is 3. The summed E-state index contributed by atoms with van der Waals surface area (Å²) in [4.78, 5) is 28.2. The molecule has 2 heterocycles. The molecular formula is C24H25N5O4S. The lowest BCUT2D eigenvalue weighted by Crippen LogP contribution is -2.29. The number of fused-ring (bicyclic) bond motifs is 1. The van der Waals surface area contributed by atoms with Gasteiger partial charge in [-0.05, 0) is 56.5 Å². The smallest absolute Gasteiger partial charge is 0.338 e. The number of carbonyl (C=O) groups is 1. The Morgan fingerprint density at radius 3 is 2.59 bits per heavy atom. The van der Waals surface area contributed by atoms with Gasteiger partial charge >= 0.3 is 5.97 Å². The topological polar surface area (TPSA) is 112 Å². The Morgan fingerprint density at radius 1 is 1.21 bits per heavy atom. The largest absolute Gasteiger partial charge is 0.463 e. The zero-order valence-electron chi connectivity index (χ0n) is 19.4. The van der Waals surface area contributed by atoms with Crippen LogP contribution in [-0.2, 0) is 15.3 Å². The molecule has 3 aromatic rings. The van der Waals surface area contributed by atoms with Gasteiger partial charge in [0.25, 0.3) is 5.69 Å². The zero-order chi connectivity index (χ0) is 24.4. The van der Waals surface area contributed by atoms with Crippen molar-refractivity contribution in [2.45, 2.75) is 44.6 Å². The molecule has 1 N–H and O–H groups in total. The highest BCUT2D eigenvalue weighted by molar-refractivity contribution is 7.98. The first-order valence-electron chi connectivity index (χ1n) is 10.8. The van der Waals surface area contributed by atoms with E-state index in [-0.39, 0.29) is 12.3 Å². The zero-order valence-corrected chi connectivity index (χ0v) is 20.2. The summed E-state index contributed by atoms with van der Waals surface area (Å²) in [6.07, 6.45) is 0. The monoisotopic (exact) mass is 479 g/mol. The molecule has 1 aliphatic rings. The molecule has 0 saturated carbocycles. The average Bonchev–Trinajstić information content (AvgIpc) is 3.20. The number of nitro groups is 1. The molecule has 0 spiro atoms. The summed E-state index contributed by atoms with van der Waals surface area (Å²) in [6, 6.07) is 11.8. The van der Waals surface area contributed by atoms with Crippen LogP contribution in [0.2, 0.25) is 0 Å². The summed E-state index contributed by atoms with van der Waals surface area (Å²) in [7, 11) is 0. The Kier molecular flexibility index (Phi) is 6.69. The van der Waals surface area contributed by atoms with E-state index in [9.17, 15) is 14.9 Å². The van der Waals surface area contributed by atoms with Crippen LogP contribution < -0.4 is 5.32 Å². The number of aryl methyl sites for hydroxylation is 2. The number of allylic oxidation sites excluding steroid dienone is 1. The van der Waals surface area contributed by atoms with Gasteiger partial charge in [0.1, 0.15) is 6.04 Å². The Hall–Kier alpha value is -3.66. The van der Waals surface area contributed by atoms with E-state index in [2.05, 4.69) is 47.4 Å². The van der Waals surface area contributed by atoms with Gasteiger partial charge in [-0.3, -0.25) is 10.1 Å². The number of ether oxygens (including phenoxy) is 1. The van der Waals surface area contributed by atoms with Crippen LogP contribution in [0.25, 0.3) is 0 Å². The maximum atomic E-state index is 12.9. The van der Waals surface area contributed by atoms with E-state index in [0.29, 0.717) is 33.7 Å². The highest BCUT2D eigenvalue weighted by atomic mass is 32.2. The number of hydrogen-bond donors (Lipinski definition) is 1. The van der Waals surface area contributed by atoms with Crippen LogP contribution in [-0.4, -0.2) is 32.3 Å². The average molecular weight is 480 g/mol. The first kappa shape index (κ1) is 23.5. The fourth-order valence-electron chi connectivity index (χ4n) is 3.90. The number of nitro benzene ring substituents is 1. The van der Waals surface area contributed by atoms with Gasteiger partial charge in [0, 0.05) is 23.6 Å². The van der Waals surface area contributed by atoms with Gasteiger partial charge < -0.3 is 10.1 Å². The van der Waals surface area contributed by atoms with Gasteiger partial charge in [0.15, 0.2) is 0 Å². The van der Waals surface area contributed by atoms with E-state index in [1.807, 2.05) is 0 Å². The molecular weight excluding hydrogens is 454 g/mol. The number of hydrogen-bond acceptors (Lipinski definition) is 8. The molecule has 0 amide bonds. The fourth-order valence-corrected chi connectivity index (χ4v) is 4.81. The number of benzene rings is 2. The van der Waals surface area contributed by atoms with Gasteiger partial charge in [-0.1, -0.05) is 35.5 Å². The predicted molar refractivity (Wildman–Crippen MR) is 130 cm³/mol. The third-order valence-corrected chi connectivity index (χ3v) is 6.49. The summed E-state index contributed by atoms with van der Waals surface area (Å²) in [5, 5.41) is 19.5. The second-order valence-electron chi connectivity index (χ2n) is 8.02. The van der Waals surface area contributed by atoms with E-state index >= 15 is 0 Å². The first-order valence-corrected chi connectivity index (χ1v) is 11.8. The van der Waals surface area contributed by atoms with Gasteiger partial charge in [0.2, 0.25) is 11.1 Å². The normalized spacial score (nSPS) is 15.0. The lowest BCUT2D eigenvalue weighted by Gasteiger charge is -2.28. The Morgan fingerprint density at radius 2 is 1.94 bits per heavy atom. The van der Waals surface area contributed by atoms with Gasteiger partial charge in [-0.2, -0.15) is 4.98 Å². The van der Waals surface area contributed by atoms with E-state index in [1.165, 1.54) is 40.6 Å². The van der Waals surface area contributed by atoms with Crippen LogP contribution in [0.1, 0.15) is 42.1 Å². The van der Waals surface area contributed by atoms with Crippen molar-refractivity contribution in [1.29, 1.82) is 0 Å². The third-order valence-electron chi connectivity index (χ3n) is 5.60. The molecule has 1 aromatic heterocycles.